The van der Waals surface area contributed by atoms with Gasteiger partial charge in [-0.3, -0.25) is 10.1 Å². The molecule has 4 heterocycles. The second kappa shape index (κ2) is 7.05. The summed E-state index contributed by atoms with van der Waals surface area (Å²) in [5.41, 5.74) is 7.07. The van der Waals surface area contributed by atoms with E-state index in [0.717, 1.165) is 33.1 Å². The summed E-state index contributed by atoms with van der Waals surface area (Å²) in [5, 5.41) is 8.48. The Morgan fingerprint density at radius 3 is 2.56 bits per heavy atom. The third-order valence-corrected chi connectivity index (χ3v) is 5.40. The van der Waals surface area contributed by atoms with Crippen molar-refractivity contribution < 1.29 is 4.39 Å². The average molecular weight is 421 g/mol. The summed E-state index contributed by atoms with van der Waals surface area (Å²) in [6, 6.07) is 12.7. The first-order valence-corrected chi connectivity index (χ1v) is 10.0. The van der Waals surface area contributed by atoms with E-state index in [-0.39, 0.29) is 5.82 Å². The van der Waals surface area contributed by atoms with Gasteiger partial charge in [-0.1, -0.05) is 6.07 Å². The standard InChI is InChI=1S/C24H16FN7/c1-13-6-15(8-17(25)7-13)21-23-20(4-5-28-21)29-24(30-23)22-18-9-14(2-3-19(18)31-32-22)16-10-26-12-27-11-16/h2-12H,1H3,(H,29,30)(H,31,32). The Bertz CT molecular complexity index is 1580. The molecule has 32 heavy (non-hydrogen) atoms. The van der Waals surface area contributed by atoms with Gasteiger partial charge in [0.05, 0.1) is 16.7 Å². The van der Waals surface area contributed by atoms with Crippen LogP contribution in [0.15, 0.2) is 67.4 Å². The van der Waals surface area contributed by atoms with Gasteiger partial charge in [-0.15, -0.1) is 0 Å². The summed E-state index contributed by atoms with van der Waals surface area (Å²) in [7, 11) is 0. The number of hydrogen-bond donors (Lipinski definition) is 2. The molecule has 2 N–H and O–H groups in total. The maximum absolute atomic E-state index is 14.0. The van der Waals surface area contributed by atoms with Gasteiger partial charge < -0.3 is 4.98 Å². The van der Waals surface area contributed by atoms with Crippen molar-refractivity contribution in [2.75, 3.05) is 0 Å². The molecular weight excluding hydrogens is 405 g/mol. The number of aryl methyl sites for hydroxylation is 1. The summed E-state index contributed by atoms with van der Waals surface area (Å²) in [6.45, 7) is 1.86. The van der Waals surface area contributed by atoms with Crippen LogP contribution in [0.5, 0.6) is 0 Å². The molecule has 0 aliphatic heterocycles. The van der Waals surface area contributed by atoms with E-state index in [9.17, 15) is 4.39 Å². The minimum Gasteiger partial charge on any atom is -0.336 e. The fourth-order valence-electron chi connectivity index (χ4n) is 3.95. The minimum absolute atomic E-state index is 0.301. The van der Waals surface area contributed by atoms with Gasteiger partial charge in [0.25, 0.3) is 0 Å². The molecule has 7 nitrogen and oxygen atoms in total. The van der Waals surface area contributed by atoms with Crippen molar-refractivity contribution in [3.05, 3.63) is 78.8 Å². The summed E-state index contributed by atoms with van der Waals surface area (Å²) >= 11 is 0. The van der Waals surface area contributed by atoms with Gasteiger partial charge in [0.15, 0.2) is 5.82 Å². The number of halogens is 1. The van der Waals surface area contributed by atoms with E-state index < -0.39 is 0 Å². The van der Waals surface area contributed by atoms with Crippen molar-refractivity contribution in [1.82, 2.24) is 35.1 Å². The zero-order valence-corrected chi connectivity index (χ0v) is 17.0. The van der Waals surface area contributed by atoms with Crippen molar-refractivity contribution in [1.29, 1.82) is 0 Å². The molecule has 0 amide bonds. The van der Waals surface area contributed by atoms with E-state index in [1.165, 1.54) is 18.5 Å². The number of nitrogens with zero attached hydrogens (tertiary/aromatic N) is 5. The molecule has 4 aromatic heterocycles. The average Bonchev–Trinajstić information content (AvgIpc) is 3.42. The SMILES string of the molecule is Cc1cc(F)cc(-c2nccc3[nH]c(-c4n[nH]c5ccc(-c6cncnc6)cc45)nc23)c1. The number of pyridine rings is 1. The second-order valence-electron chi connectivity index (χ2n) is 7.62. The number of imidazole rings is 1. The monoisotopic (exact) mass is 421 g/mol. The summed E-state index contributed by atoms with van der Waals surface area (Å²) in [6.07, 6.45) is 6.74. The number of aromatic nitrogens is 7. The van der Waals surface area contributed by atoms with E-state index in [2.05, 4.69) is 30.1 Å². The molecule has 0 radical (unpaired) electrons. The topological polar surface area (TPSA) is 96.0 Å². The number of benzene rings is 2. The van der Waals surface area contributed by atoms with E-state index in [1.807, 2.05) is 37.3 Å². The summed E-state index contributed by atoms with van der Waals surface area (Å²) in [5.74, 6) is 0.306. The quantitative estimate of drug-likeness (QED) is 0.416. The molecule has 0 spiro atoms. The van der Waals surface area contributed by atoms with Crippen molar-refractivity contribution in [2.45, 2.75) is 6.92 Å². The van der Waals surface area contributed by atoms with E-state index in [1.54, 1.807) is 18.6 Å². The molecule has 0 saturated heterocycles. The maximum atomic E-state index is 14.0. The van der Waals surface area contributed by atoms with Gasteiger partial charge in [-0.25, -0.2) is 19.3 Å². The molecule has 0 aliphatic rings. The van der Waals surface area contributed by atoms with Crippen LogP contribution in [0.3, 0.4) is 0 Å². The molecule has 2 aromatic carbocycles. The lowest BCUT2D eigenvalue weighted by Gasteiger charge is -2.03. The van der Waals surface area contributed by atoms with E-state index in [0.29, 0.717) is 28.3 Å². The predicted octanol–water partition coefficient (Wildman–Crippen LogP) is 5.07. The molecule has 0 bridgehead atoms. The molecule has 154 valence electrons. The first-order valence-electron chi connectivity index (χ1n) is 10.0. The molecule has 6 rings (SSSR count). The number of H-pyrrole nitrogens is 2. The first-order chi connectivity index (χ1) is 15.7. The smallest absolute Gasteiger partial charge is 0.159 e. The Labute approximate surface area is 181 Å². The van der Waals surface area contributed by atoms with Crippen LogP contribution in [0.1, 0.15) is 5.56 Å². The van der Waals surface area contributed by atoms with Crippen LogP contribution in [0.4, 0.5) is 4.39 Å². The number of hydrogen-bond acceptors (Lipinski definition) is 5. The normalized spacial score (nSPS) is 11.4. The van der Waals surface area contributed by atoms with Gasteiger partial charge in [0, 0.05) is 35.1 Å². The Morgan fingerprint density at radius 1 is 0.844 bits per heavy atom. The van der Waals surface area contributed by atoms with Crippen molar-refractivity contribution >= 4 is 21.9 Å². The number of fused-ring (bicyclic) bond motifs is 2. The molecular formula is C24H16FN7. The minimum atomic E-state index is -0.301. The highest BCUT2D eigenvalue weighted by atomic mass is 19.1. The first kappa shape index (κ1) is 18.3. The molecule has 0 unspecified atom stereocenters. The van der Waals surface area contributed by atoms with Gasteiger partial charge in [0.2, 0.25) is 0 Å². The molecule has 0 atom stereocenters. The van der Waals surface area contributed by atoms with Crippen LogP contribution < -0.4 is 0 Å². The van der Waals surface area contributed by atoms with Crippen LogP contribution in [0.25, 0.3) is 55.8 Å². The van der Waals surface area contributed by atoms with E-state index >= 15 is 0 Å². The molecule has 0 fully saturated rings. The van der Waals surface area contributed by atoms with Crippen molar-refractivity contribution in [3.8, 4) is 33.9 Å². The zero-order valence-electron chi connectivity index (χ0n) is 17.0. The number of aromatic amines is 2. The highest BCUT2D eigenvalue weighted by molar-refractivity contribution is 5.97. The Balaban J connectivity index is 1.52. The summed E-state index contributed by atoms with van der Waals surface area (Å²) in [4.78, 5) is 20.8. The van der Waals surface area contributed by atoms with Crippen LogP contribution >= 0.6 is 0 Å². The fourth-order valence-corrected chi connectivity index (χ4v) is 3.95. The lowest BCUT2D eigenvalue weighted by atomic mass is 10.1. The largest absolute Gasteiger partial charge is 0.336 e. The molecule has 6 aromatic rings. The van der Waals surface area contributed by atoms with Crippen molar-refractivity contribution in [2.24, 2.45) is 0 Å². The Morgan fingerprint density at radius 2 is 1.72 bits per heavy atom. The van der Waals surface area contributed by atoms with Gasteiger partial charge in [-0.05, 0) is 54.4 Å². The van der Waals surface area contributed by atoms with Gasteiger partial charge >= 0.3 is 0 Å². The zero-order chi connectivity index (χ0) is 21.7. The van der Waals surface area contributed by atoms with E-state index in [4.69, 9.17) is 4.98 Å². The molecule has 0 aliphatic carbocycles. The number of rotatable bonds is 3. The van der Waals surface area contributed by atoms with Crippen LogP contribution in [0.2, 0.25) is 0 Å². The second-order valence-corrected chi connectivity index (χ2v) is 7.62. The molecule has 0 saturated carbocycles. The van der Waals surface area contributed by atoms with Crippen LogP contribution in [-0.4, -0.2) is 35.1 Å². The fraction of sp³-hybridized carbons (Fsp3) is 0.0417. The highest BCUT2D eigenvalue weighted by Gasteiger charge is 2.17. The lowest BCUT2D eigenvalue weighted by Crippen LogP contribution is -1.88. The maximum Gasteiger partial charge on any atom is 0.159 e. The lowest BCUT2D eigenvalue weighted by molar-refractivity contribution is 0.627. The third-order valence-electron chi connectivity index (χ3n) is 5.40. The highest BCUT2D eigenvalue weighted by Crippen LogP contribution is 2.32. The molecule has 8 heteroatoms. The summed E-state index contributed by atoms with van der Waals surface area (Å²) < 4.78 is 14.0. The number of nitrogens with one attached hydrogen (secondary N) is 2. The van der Waals surface area contributed by atoms with Gasteiger partial charge in [0.1, 0.15) is 23.4 Å². The van der Waals surface area contributed by atoms with Crippen molar-refractivity contribution in [3.63, 3.8) is 0 Å². The predicted molar refractivity (Wildman–Crippen MR) is 120 cm³/mol. The Kier molecular flexibility index (Phi) is 4.04. The Hall–Kier alpha value is -4.46. The third kappa shape index (κ3) is 3.01. The van der Waals surface area contributed by atoms with Crippen LogP contribution in [-0.2, 0) is 0 Å². The van der Waals surface area contributed by atoms with Crippen LogP contribution in [0, 0.1) is 12.7 Å². The van der Waals surface area contributed by atoms with Gasteiger partial charge in [-0.2, -0.15) is 5.10 Å².